The molecule has 0 saturated heterocycles. The summed E-state index contributed by atoms with van der Waals surface area (Å²) in [5.74, 6) is 1.49. The molecule has 3 atom stereocenters. The van der Waals surface area contributed by atoms with Crippen LogP contribution in [0.25, 0.3) is 0 Å². The van der Waals surface area contributed by atoms with Gasteiger partial charge in [0.1, 0.15) is 0 Å². The van der Waals surface area contributed by atoms with E-state index in [1.807, 2.05) is 0 Å². The van der Waals surface area contributed by atoms with Gasteiger partial charge in [-0.1, -0.05) is 0 Å². The Kier molecular flexibility index (Phi) is 10.7. The van der Waals surface area contributed by atoms with Gasteiger partial charge in [-0.2, -0.15) is 0 Å². The molecule has 0 radical (unpaired) electrons. The molecule has 1 aromatic rings. The zero-order valence-corrected chi connectivity index (χ0v) is 21.1. The number of ether oxygens (including phenoxy) is 2. The second-order valence-electron chi connectivity index (χ2n) is 8.58. The van der Waals surface area contributed by atoms with Gasteiger partial charge >= 0.3 is 173 Å². The van der Waals surface area contributed by atoms with Crippen LogP contribution in [-0.2, 0) is 9.47 Å². The molecule has 0 spiro atoms. The molecule has 0 aliphatic heterocycles. The summed E-state index contributed by atoms with van der Waals surface area (Å²) in [6, 6.07) is 11.3. The van der Waals surface area contributed by atoms with Crippen molar-refractivity contribution in [1.82, 2.24) is 0 Å². The standard InChI is InChI=1S/C12H15O2.3C4H9.Sn/c1-13-9-14-8-11-7-12(11)10-5-3-2-4-6-10;3*1-3-4-2;/h2-7,11-12H,8-9H2,1H3;3*1,3-4H2,2H3;/t11-,12+;;;;/m0..../s1. The van der Waals surface area contributed by atoms with E-state index in [0.29, 0.717) is 6.79 Å². The van der Waals surface area contributed by atoms with Gasteiger partial charge in [0.25, 0.3) is 0 Å². The number of hydrogen-bond donors (Lipinski definition) is 0. The molecule has 1 saturated carbocycles. The van der Waals surface area contributed by atoms with E-state index in [9.17, 15) is 0 Å². The van der Waals surface area contributed by atoms with Crippen LogP contribution in [0, 0.1) is 5.92 Å². The Morgan fingerprint density at radius 2 is 1.41 bits per heavy atom. The Bertz CT molecular complexity index is 483. The quantitative estimate of drug-likeness (QED) is 0.149. The van der Waals surface area contributed by atoms with Gasteiger partial charge in [-0.3, -0.25) is 0 Å². The van der Waals surface area contributed by atoms with Crippen molar-refractivity contribution in [3.05, 3.63) is 35.9 Å². The van der Waals surface area contributed by atoms with Crippen LogP contribution in [0.4, 0.5) is 0 Å². The molecule has 27 heavy (non-hydrogen) atoms. The van der Waals surface area contributed by atoms with Crippen LogP contribution in [0.15, 0.2) is 30.3 Å². The average Bonchev–Trinajstić information content (AvgIpc) is 3.43. The van der Waals surface area contributed by atoms with Gasteiger partial charge in [0.2, 0.25) is 0 Å². The van der Waals surface area contributed by atoms with Crippen molar-refractivity contribution < 1.29 is 9.47 Å². The van der Waals surface area contributed by atoms with Crippen molar-refractivity contribution in [2.45, 2.75) is 82.5 Å². The molecule has 0 amide bonds. The van der Waals surface area contributed by atoms with Crippen LogP contribution in [0.1, 0.15) is 70.8 Å². The molecule has 1 fully saturated rings. The van der Waals surface area contributed by atoms with Crippen molar-refractivity contribution >= 4 is 18.4 Å². The molecule has 3 heteroatoms. The van der Waals surface area contributed by atoms with Gasteiger partial charge in [-0.05, 0) is 0 Å². The van der Waals surface area contributed by atoms with Crippen molar-refractivity contribution in [3.8, 4) is 0 Å². The first-order chi connectivity index (χ1) is 13.2. The van der Waals surface area contributed by atoms with Crippen LogP contribution < -0.4 is 0 Å². The molecule has 0 bridgehead atoms. The fourth-order valence-corrected chi connectivity index (χ4v) is 25.9. The summed E-state index contributed by atoms with van der Waals surface area (Å²) in [5.41, 5.74) is 1.57. The molecule has 1 aromatic carbocycles. The summed E-state index contributed by atoms with van der Waals surface area (Å²) in [6.07, 6.45) is 8.41. The average molecular weight is 481 g/mol. The molecule has 2 nitrogen and oxygen atoms in total. The number of benzene rings is 1. The zero-order chi connectivity index (χ0) is 19.5. The summed E-state index contributed by atoms with van der Waals surface area (Å²) < 4.78 is 16.8. The first-order valence-electron chi connectivity index (χ1n) is 11.4. The van der Waals surface area contributed by atoms with Crippen LogP contribution in [0.2, 0.25) is 17.2 Å². The van der Waals surface area contributed by atoms with Gasteiger partial charge in [0.15, 0.2) is 0 Å². The summed E-state index contributed by atoms with van der Waals surface area (Å²) in [4.78, 5) is 0. The Morgan fingerprint density at radius 1 is 0.852 bits per heavy atom. The molecule has 2 rings (SSSR count). The minimum atomic E-state index is -2.24. The maximum atomic E-state index is 5.91. The Hall–Kier alpha value is -0.0613. The van der Waals surface area contributed by atoms with Crippen LogP contribution in [0.3, 0.4) is 0 Å². The second kappa shape index (κ2) is 12.5. The van der Waals surface area contributed by atoms with Gasteiger partial charge in [0, 0.05) is 0 Å². The SMILES string of the molecule is CCC[CH2][Sn]([CH2]CCC)([CH2]CCC)[C@@H]1[C@@H](COCOC)[C@H]1c1ccccc1. The Balaban J connectivity index is 2.26. The normalized spacial score (nSPS) is 22.1. The fraction of sp³-hybridized carbons (Fsp3) is 0.750. The molecule has 0 unspecified atom stereocenters. The first-order valence-corrected chi connectivity index (χ1v) is 19.1. The van der Waals surface area contributed by atoms with E-state index >= 15 is 0 Å². The van der Waals surface area contributed by atoms with Gasteiger partial charge < -0.3 is 0 Å². The van der Waals surface area contributed by atoms with Gasteiger partial charge in [0.05, 0.1) is 0 Å². The molecule has 1 aliphatic carbocycles. The van der Waals surface area contributed by atoms with Crippen molar-refractivity contribution in [1.29, 1.82) is 0 Å². The van der Waals surface area contributed by atoms with E-state index in [-0.39, 0.29) is 0 Å². The fourth-order valence-electron chi connectivity index (χ4n) is 5.28. The number of methoxy groups -OCH3 is 1. The summed E-state index contributed by atoms with van der Waals surface area (Å²) in [6.45, 7) is 8.44. The predicted octanol–water partition coefficient (Wildman–Crippen LogP) is 7.24. The first kappa shape index (κ1) is 23.2. The Labute approximate surface area is 172 Å². The molecule has 0 heterocycles. The zero-order valence-electron chi connectivity index (χ0n) is 18.2. The molecule has 154 valence electrons. The van der Waals surface area contributed by atoms with Gasteiger partial charge in [-0.15, -0.1) is 0 Å². The van der Waals surface area contributed by atoms with Crippen LogP contribution >= 0.6 is 0 Å². The van der Waals surface area contributed by atoms with Gasteiger partial charge in [-0.25, -0.2) is 0 Å². The third-order valence-corrected chi connectivity index (χ3v) is 24.5. The van der Waals surface area contributed by atoms with E-state index in [1.165, 1.54) is 38.5 Å². The third kappa shape index (κ3) is 6.47. The second-order valence-corrected chi connectivity index (χ2v) is 22.5. The predicted molar refractivity (Wildman–Crippen MR) is 119 cm³/mol. The number of rotatable bonds is 15. The van der Waals surface area contributed by atoms with E-state index < -0.39 is 18.4 Å². The van der Waals surface area contributed by atoms with Crippen LogP contribution in [-0.4, -0.2) is 38.9 Å². The molecule has 0 N–H and O–H groups in total. The molecule has 1 aliphatic rings. The van der Waals surface area contributed by atoms with E-state index in [0.717, 1.165) is 22.4 Å². The summed E-state index contributed by atoms with van der Waals surface area (Å²) in [7, 11) is 1.73. The Morgan fingerprint density at radius 3 is 1.89 bits per heavy atom. The van der Waals surface area contributed by atoms with Crippen molar-refractivity contribution in [2.24, 2.45) is 5.92 Å². The van der Waals surface area contributed by atoms with E-state index in [4.69, 9.17) is 9.47 Å². The number of unbranched alkanes of at least 4 members (excludes halogenated alkanes) is 3. The summed E-state index contributed by atoms with van der Waals surface area (Å²) >= 11 is -2.24. The van der Waals surface area contributed by atoms with Crippen molar-refractivity contribution in [3.63, 3.8) is 0 Å². The third-order valence-electron chi connectivity index (χ3n) is 6.66. The molecule has 0 aromatic heterocycles. The minimum absolute atomic E-state index is 0.437. The van der Waals surface area contributed by atoms with Crippen LogP contribution in [0.5, 0.6) is 0 Å². The number of hydrogen-bond acceptors (Lipinski definition) is 2. The molecular weight excluding hydrogens is 439 g/mol. The summed E-state index contributed by atoms with van der Waals surface area (Å²) in [5, 5.41) is 0. The molecular formula is C24H42O2Sn. The van der Waals surface area contributed by atoms with Crippen molar-refractivity contribution in [2.75, 3.05) is 20.5 Å². The van der Waals surface area contributed by atoms with E-state index in [1.54, 1.807) is 26.0 Å². The van der Waals surface area contributed by atoms with E-state index in [2.05, 4.69) is 51.1 Å². The maximum absolute atomic E-state index is 5.91. The monoisotopic (exact) mass is 482 g/mol. The topological polar surface area (TPSA) is 18.5 Å².